The predicted molar refractivity (Wildman–Crippen MR) is 35.9 cm³/mol. The Morgan fingerprint density at radius 2 is 2.36 bits per heavy atom. The van der Waals surface area contributed by atoms with Crippen LogP contribution in [0.4, 0.5) is 10.2 Å². The SMILES string of the molecule is O=[N+]([O-])c1nccc(Cl)c1F. The first-order valence-corrected chi connectivity index (χ1v) is 2.95. The third kappa shape index (κ3) is 1.43. The summed E-state index contributed by atoms with van der Waals surface area (Å²) in [7, 11) is 0. The maximum atomic E-state index is 12.6. The van der Waals surface area contributed by atoms with E-state index in [0.717, 1.165) is 12.3 Å². The van der Waals surface area contributed by atoms with Crippen LogP contribution in [-0.2, 0) is 0 Å². The van der Waals surface area contributed by atoms with Crippen molar-refractivity contribution in [2.45, 2.75) is 0 Å². The van der Waals surface area contributed by atoms with Crippen molar-refractivity contribution in [3.05, 3.63) is 33.2 Å². The van der Waals surface area contributed by atoms with Gasteiger partial charge in [0, 0.05) is 6.07 Å². The largest absolute Gasteiger partial charge is 0.401 e. The Bertz CT molecular complexity index is 305. The fourth-order valence-electron chi connectivity index (χ4n) is 0.537. The summed E-state index contributed by atoms with van der Waals surface area (Å²) in [6, 6.07) is 1.14. The van der Waals surface area contributed by atoms with Gasteiger partial charge in [-0.1, -0.05) is 11.6 Å². The van der Waals surface area contributed by atoms with Crippen LogP contribution in [0.1, 0.15) is 0 Å². The normalized spacial score (nSPS) is 9.64. The molecule has 0 atom stereocenters. The minimum absolute atomic E-state index is 0.299. The summed E-state index contributed by atoms with van der Waals surface area (Å²) in [5.74, 6) is -1.95. The summed E-state index contributed by atoms with van der Waals surface area (Å²) in [6.07, 6.45) is 1.07. The first-order chi connectivity index (χ1) is 5.13. The van der Waals surface area contributed by atoms with Crippen molar-refractivity contribution in [3.63, 3.8) is 0 Å². The maximum absolute atomic E-state index is 12.6. The molecular formula is C5H2ClFN2O2. The molecule has 1 rings (SSSR count). The van der Waals surface area contributed by atoms with Crippen LogP contribution in [0, 0.1) is 15.9 Å². The van der Waals surface area contributed by atoms with E-state index in [2.05, 4.69) is 4.98 Å². The Morgan fingerprint density at radius 3 is 2.82 bits per heavy atom. The average Bonchev–Trinajstić information content (AvgIpc) is 1.94. The van der Waals surface area contributed by atoms with E-state index < -0.39 is 16.6 Å². The summed E-state index contributed by atoms with van der Waals surface area (Å²) in [5, 5.41) is 9.72. The average molecular weight is 177 g/mol. The lowest BCUT2D eigenvalue weighted by Crippen LogP contribution is -1.95. The highest BCUT2D eigenvalue weighted by atomic mass is 35.5. The molecular weight excluding hydrogens is 175 g/mol. The molecule has 4 nitrogen and oxygen atoms in total. The lowest BCUT2D eigenvalue weighted by molar-refractivity contribution is -0.392. The van der Waals surface area contributed by atoms with E-state index in [9.17, 15) is 14.5 Å². The minimum atomic E-state index is -1.10. The monoisotopic (exact) mass is 176 g/mol. The zero-order valence-corrected chi connectivity index (χ0v) is 5.88. The molecule has 0 spiro atoms. The van der Waals surface area contributed by atoms with E-state index in [1.54, 1.807) is 0 Å². The Morgan fingerprint density at radius 1 is 1.73 bits per heavy atom. The molecule has 0 aliphatic carbocycles. The first-order valence-electron chi connectivity index (χ1n) is 2.57. The second-order valence-corrected chi connectivity index (χ2v) is 2.09. The number of hydrogen-bond donors (Lipinski definition) is 0. The van der Waals surface area contributed by atoms with Gasteiger partial charge in [0.2, 0.25) is 5.82 Å². The molecule has 0 radical (unpaired) electrons. The van der Waals surface area contributed by atoms with Gasteiger partial charge in [-0.15, -0.1) is 0 Å². The second-order valence-electron chi connectivity index (χ2n) is 1.69. The van der Waals surface area contributed by atoms with E-state index in [1.807, 2.05) is 0 Å². The van der Waals surface area contributed by atoms with Crippen molar-refractivity contribution in [2.75, 3.05) is 0 Å². The molecule has 0 fully saturated rings. The Kier molecular flexibility index (Phi) is 2.00. The minimum Gasteiger partial charge on any atom is -0.358 e. The molecule has 0 unspecified atom stereocenters. The van der Waals surface area contributed by atoms with Crippen LogP contribution in [0.2, 0.25) is 5.02 Å². The topological polar surface area (TPSA) is 56.0 Å². The van der Waals surface area contributed by atoms with E-state index in [4.69, 9.17) is 11.6 Å². The lowest BCUT2D eigenvalue weighted by Gasteiger charge is -1.93. The van der Waals surface area contributed by atoms with E-state index in [0.29, 0.717) is 0 Å². The van der Waals surface area contributed by atoms with Gasteiger partial charge < -0.3 is 10.1 Å². The number of hydrogen-bond acceptors (Lipinski definition) is 3. The molecule has 0 aliphatic heterocycles. The molecule has 0 aliphatic rings. The fourth-order valence-corrected chi connectivity index (χ4v) is 0.678. The van der Waals surface area contributed by atoms with Gasteiger partial charge in [-0.2, -0.15) is 4.39 Å². The summed E-state index contributed by atoms with van der Waals surface area (Å²) < 4.78 is 12.6. The Labute approximate surface area is 65.8 Å². The van der Waals surface area contributed by atoms with Gasteiger partial charge in [0.25, 0.3) is 0 Å². The van der Waals surface area contributed by atoms with E-state index >= 15 is 0 Å². The number of rotatable bonds is 1. The number of halogens is 2. The van der Waals surface area contributed by atoms with Crippen molar-refractivity contribution in [1.82, 2.24) is 4.98 Å². The predicted octanol–water partition coefficient (Wildman–Crippen LogP) is 1.78. The van der Waals surface area contributed by atoms with Crippen molar-refractivity contribution < 1.29 is 9.31 Å². The van der Waals surface area contributed by atoms with Gasteiger partial charge in [-0.3, -0.25) is 0 Å². The summed E-state index contributed by atoms with van der Waals surface area (Å²) >= 11 is 5.24. The van der Waals surface area contributed by atoms with Gasteiger partial charge in [-0.05, 0) is 9.91 Å². The molecule has 0 aromatic carbocycles. The van der Waals surface area contributed by atoms with Crippen LogP contribution >= 0.6 is 11.6 Å². The number of nitrogens with zero attached hydrogens (tertiary/aromatic N) is 2. The first kappa shape index (κ1) is 7.87. The molecule has 6 heteroatoms. The highest BCUT2D eigenvalue weighted by Crippen LogP contribution is 2.20. The quantitative estimate of drug-likeness (QED) is 0.484. The maximum Gasteiger partial charge on any atom is 0.401 e. The fraction of sp³-hybridized carbons (Fsp3) is 0. The van der Waals surface area contributed by atoms with Crippen LogP contribution in [0.15, 0.2) is 12.3 Å². The van der Waals surface area contributed by atoms with Crippen molar-refractivity contribution in [2.24, 2.45) is 0 Å². The molecule has 0 saturated heterocycles. The standard InChI is InChI=1S/C5H2ClFN2O2/c6-3-1-2-8-5(4(3)7)9(10)11/h1-2H. The van der Waals surface area contributed by atoms with Gasteiger partial charge >= 0.3 is 5.82 Å². The van der Waals surface area contributed by atoms with Crippen LogP contribution in [-0.4, -0.2) is 9.91 Å². The van der Waals surface area contributed by atoms with Crippen molar-refractivity contribution in [3.8, 4) is 0 Å². The summed E-state index contributed by atoms with van der Waals surface area (Å²) in [6.45, 7) is 0. The Hall–Kier alpha value is -1.23. The van der Waals surface area contributed by atoms with Gasteiger partial charge in [0.05, 0.1) is 5.02 Å². The van der Waals surface area contributed by atoms with Crippen LogP contribution in [0.5, 0.6) is 0 Å². The van der Waals surface area contributed by atoms with Crippen molar-refractivity contribution in [1.29, 1.82) is 0 Å². The molecule has 58 valence electrons. The van der Waals surface area contributed by atoms with Gasteiger partial charge in [0.15, 0.2) is 0 Å². The van der Waals surface area contributed by atoms with Gasteiger partial charge in [0.1, 0.15) is 6.20 Å². The molecule has 0 bridgehead atoms. The number of aromatic nitrogens is 1. The van der Waals surface area contributed by atoms with E-state index in [1.165, 1.54) is 0 Å². The molecule has 11 heavy (non-hydrogen) atoms. The summed E-state index contributed by atoms with van der Waals surface area (Å²) in [5.41, 5.74) is 0. The highest BCUT2D eigenvalue weighted by molar-refractivity contribution is 6.30. The molecule has 1 heterocycles. The number of pyridine rings is 1. The van der Waals surface area contributed by atoms with Crippen molar-refractivity contribution >= 4 is 17.4 Å². The molecule has 0 saturated carbocycles. The molecule has 1 aromatic heterocycles. The molecule has 1 aromatic rings. The number of nitro groups is 1. The van der Waals surface area contributed by atoms with Gasteiger partial charge in [-0.25, -0.2) is 0 Å². The third-order valence-corrected chi connectivity index (χ3v) is 1.29. The molecule has 0 amide bonds. The van der Waals surface area contributed by atoms with Crippen LogP contribution < -0.4 is 0 Å². The smallest absolute Gasteiger partial charge is 0.358 e. The molecule has 0 N–H and O–H groups in total. The Balaban J connectivity index is 3.27. The highest BCUT2D eigenvalue weighted by Gasteiger charge is 2.17. The van der Waals surface area contributed by atoms with E-state index in [-0.39, 0.29) is 5.02 Å². The third-order valence-electron chi connectivity index (χ3n) is 0.997. The second kappa shape index (κ2) is 2.79. The lowest BCUT2D eigenvalue weighted by atomic mass is 10.4. The summed E-state index contributed by atoms with van der Waals surface area (Å²) in [4.78, 5) is 12.3. The zero-order valence-electron chi connectivity index (χ0n) is 5.12. The zero-order chi connectivity index (χ0) is 8.43. The van der Waals surface area contributed by atoms with Crippen LogP contribution in [0.25, 0.3) is 0 Å². The van der Waals surface area contributed by atoms with Crippen LogP contribution in [0.3, 0.4) is 0 Å².